The summed E-state index contributed by atoms with van der Waals surface area (Å²) in [6.07, 6.45) is 22.3. The van der Waals surface area contributed by atoms with Crippen molar-refractivity contribution >= 4 is 5.97 Å². The van der Waals surface area contributed by atoms with Crippen LogP contribution in [0.1, 0.15) is 84.0 Å². The number of aliphatic carboxylic acids is 1. The van der Waals surface area contributed by atoms with E-state index in [-0.39, 0.29) is 0 Å². The van der Waals surface area contributed by atoms with Gasteiger partial charge in [0, 0.05) is 6.42 Å². The summed E-state index contributed by atoms with van der Waals surface area (Å²) in [6, 6.07) is 0. The smallest absolute Gasteiger partial charge is 0.303 e. The van der Waals surface area contributed by atoms with Gasteiger partial charge in [-0.15, -0.1) is 0 Å². The van der Waals surface area contributed by atoms with Crippen LogP contribution in [0.3, 0.4) is 0 Å². The van der Waals surface area contributed by atoms with E-state index in [4.69, 9.17) is 5.11 Å². The average molecular weight is 280 g/mol. The summed E-state index contributed by atoms with van der Waals surface area (Å²) in [4.78, 5) is 10.3. The maximum atomic E-state index is 10.3. The number of carboxylic acids is 1. The summed E-state index contributed by atoms with van der Waals surface area (Å²) in [6.45, 7) is 2.24. The molecule has 0 fully saturated rings. The van der Waals surface area contributed by atoms with Crippen molar-refractivity contribution in [3.05, 3.63) is 24.3 Å². The maximum Gasteiger partial charge on any atom is 0.303 e. The van der Waals surface area contributed by atoms with Gasteiger partial charge in [-0.05, 0) is 32.1 Å². The molecule has 1 N–H and O–H groups in total. The Labute approximate surface area is 125 Å². The van der Waals surface area contributed by atoms with Crippen LogP contribution in [0, 0.1) is 0 Å². The fraction of sp³-hybridized carbons (Fsp3) is 0.722. The Bertz CT molecular complexity index is 267. The first-order chi connectivity index (χ1) is 9.77. The van der Waals surface area contributed by atoms with E-state index in [1.807, 2.05) is 0 Å². The Hall–Kier alpha value is -1.05. The van der Waals surface area contributed by atoms with Gasteiger partial charge in [0.15, 0.2) is 0 Å². The van der Waals surface area contributed by atoms with Crippen molar-refractivity contribution in [1.82, 2.24) is 0 Å². The van der Waals surface area contributed by atoms with E-state index in [0.29, 0.717) is 6.42 Å². The minimum Gasteiger partial charge on any atom is -0.481 e. The summed E-state index contributed by atoms with van der Waals surface area (Å²) >= 11 is 0. The molecule has 0 radical (unpaired) electrons. The lowest BCUT2D eigenvalue weighted by Crippen LogP contribution is -1.93. The van der Waals surface area contributed by atoms with Crippen molar-refractivity contribution in [3.63, 3.8) is 0 Å². The second kappa shape index (κ2) is 16.0. The van der Waals surface area contributed by atoms with Gasteiger partial charge in [0.25, 0.3) is 0 Å². The molecule has 0 saturated carbocycles. The van der Waals surface area contributed by atoms with Gasteiger partial charge in [0.2, 0.25) is 0 Å². The van der Waals surface area contributed by atoms with Gasteiger partial charge in [-0.2, -0.15) is 0 Å². The number of hydrogen-bond acceptors (Lipinski definition) is 1. The van der Waals surface area contributed by atoms with Crippen LogP contribution in [0.5, 0.6) is 0 Å². The number of carbonyl (C=O) groups is 1. The molecule has 0 heterocycles. The largest absolute Gasteiger partial charge is 0.481 e. The lowest BCUT2D eigenvalue weighted by atomic mass is 10.1. The number of unbranched alkanes of at least 4 members (excludes halogenated alkanes) is 9. The Morgan fingerprint density at radius 1 is 0.800 bits per heavy atom. The fourth-order valence-electron chi connectivity index (χ4n) is 2.11. The molecule has 0 rings (SSSR count). The highest BCUT2D eigenvalue weighted by atomic mass is 16.4. The summed E-state index contributed by atoms with van der Waals surface area (Å²) in [5.41, 5.74) is 0. The third-order valence-corrected chi connectivity index (χ3v) is 3.37. The average Bonchev–Trinajstić information content (AvgIpc) is 2.43. The van der Waals surface area contributed by atoms with Crippen molar-refractivity contribution in [3.8, 4) is 0 Å². The highest BCUT2D eigenvalue weighted by Gasteiger charge is 1.95. The third kappa shape index (κ3) is 16.9. The van der Waals surface area contributed by atoms with Crippen LogP contribution in [0.25, 0.3) is 0 Å². The Kier molecular flexibility index (Phi) is 15.2. The van der Waals surface area contributed by atoms with Crippen LogP contribution in [0.2, 0.25) is 0 Å². The Morgan fingerprint density at radius 3 is 1.85 bits per heavy atom. The topological polar surface area (TPSA) is 37.3 Å². The lowest BCUT2D eigenvalue weighted by Gasteiger charge is -1.97. The highest BCUT2D eigenvalue weighted by molar-refractivity contribution is 5.66. The summed E-state index contributed by atoms with van der Waals surface area (Å²) in [7, 11) is 0. The second-order valence-electron chi connectivity index (χ2n) is 5.41. The zero-order valence-electron chi connectivity index (χ0n) is 13.2. The number of allylic oxidation sites excluding steroid dienone is 4. The lowest BCUT2D eigenvalue weighted by molar-refractivity contribution is -0.137. The quantitative estimate of drug-likeness (QED) is 0.318. The van der Waals surface area contributed by atoms with E-state index in [1.54, 1.807) is 0 Å². The van der Waals surface area contributed by atoms with E-state index >= 15 is 0 Å². The van der Waals surface area contributed by atoms with E-state index in [1.165, 1.54) is 44.9 Å². The zero-order chi connectivity index (χ0) is 14.9. The molecule has 2 heteroatoms. The Balaban J connectivity index is 3.19. The molecule has 2 nitrogen and oxygen atoms in total. The predicted molar refractivity (Wildman–Crippen MR) is 87.0 cm³/mol. The molecule has 0 unspecified atom stereocenters. The molecule has 0 amide bonds. The minimum absolute atomic E-state index is 0.322. The molecular formula is C18H32O2. The molecule has 0 aromatic rings. The number of hydrogen-bond donors (Lipinski definition) is 1. The van der Waals surface area contributed by atoms with Crippen molar-refractivity contribution in [2.75, 3.05) is 0 Å². The molecule has 0 aliphatic carbocycles. The molecule has 0 aliphatic rings. The van der Waals surface area contributed by atoms with Gasteiger partial charge in [0.1, 0.15) is 0 Å². The third-order valence-electron chi connectivity index (χ3n) is 3.37. The van der Waals surface area contributed by atoms with Crippen LogP contribution in [0.15, 0.2) is 24.3 Å². The number of carboxylic acid groups (broad SMARTS) is 1. The van der Waals surface area contributed by atoms with E-state index in [0.717, 1.165) is 25.7 Å². The summed E-state index contributed by atoms with van der Waals surface area (Å²) in [5.74, 6) is -0.672. The normalized spacial score (nSPS) is 11.7. The molecule has 116 valence electrons. The van der Waals surface area contributed by atoms with E-state index in [2.05, 4.69) is 31.2 Å². The standard InChI is InChI=1S/C18H32O2/c1-2-3-4-5-6-7-8-9-10-11-12-13-14-15-16-17-18(19)20/h7-10H,2-6,11-17H2,1H3,(H,19,20)/b8-7?,10-9+. The highest BCUT2D eigenvalue weighted by Crippen LogP contribution is 2.07. The van der Waals surface area contributed by atoms with Gasteiger partial charge in [-0.3, -0.25) is 4.79 Å². The second-order valence-corrected chi connectivity index (χ2v) is 5.41. The van der Waals surface area contributed by atoms with Crippen LogP contribution in [0.4, 0.5) is 0 Å². The molecule has 0 aromatic carbocycles. The molecule has 0 aromatic heterocycles. The van der Waals surface area contributed by atoms with Gasteiger partial charge in [-0.1, -0.05) is 69.8 Å². The van der Waals surface area contributed by atoms with Crippen molar-refractivity contribution in [1.29, 1.82) is 0 Å². The van der Waals surface area contributed by atoms with Crippen LogP contribution in [-0.4, -0.2) is 11.1 Å². The molecule has 0 atom stereocenters. The van der Waals surface area contributed by atoms with Gasteiger partial charge in [0.05, 0.1) is 0 Å². The van der Waals surface area contributed by atoms with Gasteiger partial charge >= 0.3 is 5.97 Å². The van der Waals surface area contributed by atoms with E-state index < -0.39 is 5.97 Å². The summed E-state index contributed by atoms with van der Waals surface area (Å²) in [5, 5.41) is 8.50. The first-order valence-electron chi connectivity index (χ1n) is 8.30. The first kappa shape index (κ1) is 18.9. The number of rotatable bonds is 14. The zero-order valence-corrected chi connectivity index (χ0v) is 13.2. The van der Waals surface area contributed by atoms with Gasteiger partial charge < -0.3 is 5.11 Å². The predicted octanol–water partition coefficient (Wildman–Crippen LogP) is 5.88. The first-order valence-corrected chi connectivity index (χ1v) is 8.30. The van der Waals surface area contributed by atoms with Gasteiger partial charge in [-0.25, -0.2) is 0 Å². The Morgan fingerprint density at radius 2 is 1.30 bits per heavy atom. The maximum absolute atomic E-state index is 10.3. The van der Waals surface area contributed by atoms with Crippen molar-refractivity contribution < 1.29 is 9.90 Å². The molecule has 0 aliphatic heterocycles. The molecule has 0 saturated heterocycles. The molecule has 0 bridgehead atoms. The van der Waals surface area contributed by atoms with Crippen LogP contribution >= 0.6 is 0 Å². The SMILES string of the molecule is CCCCCCC=C/C=C/CCCCCCCC(=O)O. The van der Waals surface area contributed by atoms with Crippen molar-refractivity contribution in [2.45, 2.75) is 84.0 Å². The minimum atomic E-state index is -0.672. The molecular weight excluding hydrogens is 248 g/mol. The molecule has 0 spiro atoms. The van der Waals surface area contributed by atoms with Crippen LogP contribution < -0.4 is 0 Å². The van der Waals surface area contributed by atoms with E-state index in [9.17, 15) is 4.79 Å². The van der Waals surface area contributed by atoms with Crippen molar-refractivity contribution in [2.24, 2.45) is 0 Å². The molecule has 20 heavy (non-hydrogen) atoms. The summed E-state index contributed by atoms with van der Waals surface area (Å²) < 4.78 is 0. The fourth-order valence-corrected chi connectivity index (χ4v) is 2.11. The van der Waals surface area contributed by atoms with Crippen LogP contribution in [-0.2, 0) is 4.79 Å². The monoisotopic (exact) mass is 280 g/mol.